The number of carbonyl (C=O) groups is 3. The minimum atomic E-state index is -1.86. The van der Waals surface area contributed by atoms with Gasteiger partial charge < -0.3 is 16.4 Å². The van der Waals surface area contributed by atoms with Crippen LogP contribution in [0.5, 0.6) is 0 Å². The van der Waals surface area contributed by atoms with Crippen LogP contribution in [-0.2, 0) is 16.0 Å². The van der Waals surface area contributed by atoms with Crippen molar-refractivity contribution >= 4 is 39.9 Å². The SMILES string of the molecule is C[C@@](NC(=O)C(Cc1ccc([N+](=O)[O-])cc1)NC(=O)c1cccc2ccccc12)(C(N)=O)N(N)c1ccccc1. The number of nitro benzene ring substituents is 1. The van der Waals surface area contributed by atoms with Gasteiger partial charge in [-0.2, -0.15) is 0 Å². The summed E-state index contributed by atoms with van der Waals surface area (Å²) >= 11 is 0. The Morgan fingerprint density at radius 2 is 1.55 bits per heavy atom. The van der Waals surface area contributed by atoms with E-state index in [1.807, 2.05) is 18.2 Å². The van der Waals surface area contributed by atoms with E-state index in [2.05, 4.69) is 10.6 Å². The second kappa shape index (κ2) is 11.6. The topological polar surface area (TPSA) is 174 Å². The highest BCUT2D eigenvalue weighted by Crippen LogP contribution is 2.21. The summed E-state index contributed by atoms with van der Waals surface area (Å²) in [7, 11) is 0. The lowest BCUT2D eigenvalue weighted by atomic mass is 10.0. The van der Waals surface area contributed by atoms with Gasteiger partial charge in [0.05, 0.1) is 10.6 Å². The number of rotatable bonds is 10. The Bertz CT molecular complexity index is 1560. The van der Waals surface area contributed by atoms with Crippen molar-refractivity contribution in [2.24, 2.45) is 11.6 Å². The van der Waals surface area contributed by atoms with E-state index >= 15 is 0 Å². The summed E-state index contributed by atoms with van der Waals surface area (Å²) in [6.45, 7) is 1.36. The molecule has 2 atom stereocenters. The molecule has 0 aliphatic carbocycles. The van der Waals surface area contributed by atoms with E-state index in [1.54, 1.807) is 54.6 Å². The van der Waals surface area contributed by atoms with Gasteiger partial charge in [0.2, 0.25) is 11.6 Å². The van der Waals surface area contributed by atoms with Crippen LogP contribution in [-0.4, -0.2) is 34.3 Å². The lowest BCUT2D eigenvalue weighted by molar-refractivity contribution is -0.384. The predicted octanol–water partition coefficient (Wildman–Crippen LogP) is 2.79. The highest BCUT2D eigenvalue weighted by atomic mass is 16.6. The molecule has 11 heteroatoms. The molecular weight excluding hydrogens is 512 g/mol. The molecule has 0 radical (unpaired) electrons. The third kappa shape index (κ3) is 5.89. The summed E-state index contributed by atoms with van der Waals surface area (Å²) in [6, 6.07) is 25.4. The van der Waals surface area contributed by atoms with Crippen LogP contribution in [0.4, 0.5) is 11.4 Å². The van der Waals surface area contributed by atoms with Crippen LogP contribution in [0.1, 0.15) is 22.8 Å². The molecule has 4 aromatic carbocycles. The molecule has 204 valence electrons. The van der Waals surface area contributed by atoms with Crippen LogP contribution in [0, 0.1) is 10.1 Å². The molecule has 0 spiro atoms. The van der Waals surface area contributed by atoms with Crippen LogP contribution in [0.3, 0.4) is 0 Å². The number of fused-ring (bicyclic) bond motifs is 1. The zero-order valence-corrected chi connectivity index (χ0v) is 21.6. The number of nitro groups is 1. The molecule has 40 heavy (non-hydrogen) atoms. The number of primary amides is 1. The number of nitrogens with one attached hydrogen (secondary N) is 2. The molecule has 0 bridgehead atoms. The Morgan fingerprint density at radius 3 is 2.20 bits per heavy atom. The highest BCUT2D eigenvalue weighted by Gasteiger charge is 2.40. The fourth-order valence-electron chi connectivity index (χ4n) is 4.27. The molecule has 4 rings (SSSR count). The number of nitrogens with two attached hydrogens (primary N) is 2. The molecular formula is C29H28N6O5. The smallest absolute Gasteiger partial charge is 0.269 e. The number of amides is 3. The van der Waals surface area contributed by atoms with Gasteiger partial charge >= 0.3 is 0 Å². The maximum Gasteiger partial charge on any atom is 0.269 e. The fourth-order valence-corrected chi connectivity index (χ4v) is 4.27. The van der Waals surface area contributed by atoms with Crippen molar-refractivity contribution in [1.29, 1.82) is 0 Å². The molecule has 0 saturated carbocycles. The third-order valence-corrected chi connectivity index (χ3v) is 6.61. The fraction of sp³-hybridized carbons (Fsp3) is 0.138. The maximum absolute atomic E-state index is 13.7. The Morgan fingerprint density at radius 1 is 0.925 bits per heavy atom. The molecule has 0 heterocycles. The molecule has 0 aliphatic heterocycles. The van der Waals surface area contributed by atoms with E-state index in [0.29, 0.717) is 22.2 Å². The number of non-ortho nitro benzene ring substituents is 1. The van der Waals surface area contributed by atoms with Gasteiger partial charge in [0.1, 0.15) is 6.04 Å². The van der Waals surface area contributed by atoms with Crippen LogP contribution in [0.2, 0.25) is 0 Å². The Balaban J connectivity index is 1.66. The normalized spacial score (nSPS) is 13.1. The van der Waals surface area contributed by atoms with Crippen molar-refractivity contribution in [2.75, 3.05) is 5.01 Å². The minimum Gasteiger partial charge on any atom is -0.366 e. The quantitative estimate of drug-likeness (QED) is 0.104. The average Bonchev–Trinajstić information content (AvgIpc) is 2.96. The first-order chi connectivity index (χ1) is 19.1. The maximum atomic E-state index is 13.7. The number of para-hydroxylation sites is 1. The zero-order valence-electron chi connectivity index (χ0n) is 21.6. The van der Waals surface area contributed by atoms with Gasteiger partial charge in [0.15, 0.2) is 0 Å². The number of carbonyl (C=O) groups excluding carboxylic acids is 3. The number of hydrazine groups is 1. The molecule has 0 aliphatic rings. The average molecular weight is 541 g/mol. The second-order valence-electron chi connectivity index (χ2n) is 9.31. The van der Waals surface area contributed by atoms with Gasteiger partial charge in [0.25, 0.3) is 17.5 Å². The molecule has 1 unspecified atom stereocenters. The monoisotopic (exact) mass is 540 g/mol. The van der Waals surface area contributed by atoms with Gasteiger partial charge in [-0.25, -0.2) is 5.84 Å². The van der Waals surface area contributed by atoms with Crippen molar-refractivity contribution < 1.29 is 19.3 Å². The number of hydrogen-bond donors (Lipinski definition) is 4. The molecule has 3 amide bonds. The van der Waals surface area contributed by atoms with Crippen LogP contribution >= 0.6 is 0 Å². The summed E-state index contributed by atoms with van der Waals surface area (Å²) in [6.07, 6.45) is -0.0366. The Labute approximate surface area is 229 Å². The summed E-state index contributed by atoms with van der Waals surface area (Å²) in [4.78, 5) is 50.3. The van der Waals surface area contributed by atoms with Crippen molar-refractivity contribution in [3.63, 3.8) is 0 Å². The summed E-state index contributed by atoms with van der Waals surface area (Å²) in [5, 5.41) is 19.0. The largest absolute Gasteiger partial charge is 0.366 e. The first-order valence-electron chi connectivity index (χ1n) is 12.3. The van der Waals surface area contributed by atoms with Crippen molar-refractivity contribution in [1.82, 2.24) is 10.6 Å². The third-order valence-electron chi connectivity index (χ3n) is 6.61. The van der Waals surface area contributed by atoms with Gasteiger partial charge in [-0.15, -0.1) is 0 Å². The summed E-state index contributed by atoms with van der Waals surface area (Å²) in [5.41, 5.74) is 5.00. The van der Waals surface area contributed by atoms with Crippen LogP contribution < -0.4 is 27.2 Å². The number of benzene rings is 4. The standard InChI is InChI=1S/C29H28N6O5/c1-29(28(30)38,34(31)21-10-3-2-4-11-21)33-27(37)25(18-19-14-16-22(17-15-19)35(39)40)32-26(36)24-13-7-9-20-8-5-6-12-23(20)24/h2-17,25H,18,31H2,1H3,(H2,30,38)(H,32,36)(H,33,37)/t25?,29-/m0/s1. The molecule has 0 aromatic heterocycles. The lowest BCUT2D eigenvalue weighted by Crippen LogP contribution is -2.70. The molecule has 0 saturated heterocycles. The highest BCUT2D eigenvalue weighted by molar-refractivity contribution is 6.08. The van der Waals surface area contributed by atoms with Crippen molar-refractivity contribution in [2.45, 2.75) is 25.0 Å². The molecule has 6 N–H and O–H groups in total. The summed E-state index contributed by atoms with van der Waals surface area (Å²) in [5.74, 6) is 4.06. The predicted molar refractivity (Wildman–Crippen MR) is 151 cm³/mol. The number of anilines is 1. The van der Waals surface area contributed by atoms with E-state index in [9.17, 15) is 24.5 Å². The first-order valence-corrected chi connectivity index (χ1v) is 12.3. The minimum absolute atomic E-state index is 0.0366. The van der Waals surface area contributed by atoms with Gasteiger partial charge in [-0.3, -0.25) is 29.5 Å². The van der Waals surface area contributed by atoms with Gasteiger partial charge in [0, 0.05) is 24.1 Å². The Kier molecular flexibility index (Phi) is 8.06. The second-order valence-corrected chi connectivity index (χ2v) is 9.31. The molecule has 0 fully saturated rings. The summed E-state index contributed by atoms with van der Waals surface area (Å²) < 4.78 is 0. The van der Waals surface area contributed by atoms with Gasteiger partial charge in [-0.1, -0.05) is 66.7 Å². The van der Waals surface area contributed by atoms with Crippen molar-refractivity contribution in [3.8, 4) is 0 Å². The van der Waals surface area contributed by atoms with E-state index in [0.717, 1.165) is 10.4 Å². The van der Waals surface area contributed by atoms with Crippen LogP contribution in [0.25, 0.3) is 10.8 Å². The van der Waals surface area contributed by atoms with E-state index in [-0.39, 0.29) is 12.1 Å². The van der Waals surface area contributed by atoms with Crippen molar-refractivity contribution in [3.05, 3.63) is 118 Å². The van der Waals surface area contributed by atoms with E-state index in [1.165, 1.54) is 31.2 Å². The van der Waals surface area contributed by atoms with E-state index in [4.69, 9.17) is 11.6 Å². The van der Waals surface area contributed by atoms with Crippen LogP contribution in [0.15, 0.2) is 97.1 Å². The number of hydrogen-bond acceptors (Lipinski definition) is 7. The molecule has 11 nitrogen and oxygen atoms in total. The zero-order chi connectivity index (χ0) is 28.9. The number of nitrogens with zero attached hydrogens (tertiary/aromatic N) is 2. The lowest BCUT2D eigenvalue weighted by Gasteiger charge is -2.38. The van der Waals surface area contributed by atoms with Gasteiger partial charge in [-0.05, 0) is 41.5 Å². The van der Waals surface area contributed by atoms with E-state index < -0.39 is 34.3 Å². The Hall–Kier alpha value is -5.29. The first kappa shape index (κ1) is 27.7. The molecule has 4 aromatic rings.